The first kappa shape index (κ1) is 20.0. The van der Waals surface area contributed by atoms with Crippen LogP contribution in [0.2, 0.25) is 0 Å². The maximum Gasteiger partial charge on any atom is 0.253 e. The van der Waals surface area contributed by atoms with E-state index in [0.717, 1.165) is 11.3 Å². The zero-order valence-corrected chi connectivity index (χ0v) is 15.8. The van der Waals surface area contributed by atoms with Crippen LogP contribution in [0.1, 0.15) is 15.9 Å². The lowest BCUT2D eigenvalue weighted by atomic mass is 10.1. The summed E-state index contributed by atoms with van der Waals surface area (Å²) in [7, 11) is 5.09. The Kier molecular flexibility index (Phi) is 7.37. The van der Waals surface area contributed by atoms with Crippen molar-refractivity contribution in [3.8, 4) is 0 Å². The van der Waals surface area contributed by atoms with E-state index in [-0.39, 0.29) is 18.4 Å². The highest BCUT2D eigenvalue weighted by Gasteiger charge is 2.08. The molecule has 0 heterocycles. The molecule has 0 atom stereocenters. The van der Waals surface area contributed by atoms with Crippen LogP contribution in [-0.4, -0.2) is 50.4 Å². The average Bonchev–Trinajstić information content (AvgIpc) is 2.68. The molecule has 0 aliphatic carbocycles. The Morgan fingerprint density at radius 3 is 2.22 bits per heavy atom. The van der Waals surface area contributed by atoms with Crippen molar-refractivity contribution in [3.63, 3.8) is 0 Å². The van der Waals surface area contributed by atoms with Gasteiger partial charge in [-0.25, -0.2) is 0 Å². The van der Waals surface area contributed by atoms with E-state index in [1.54, 1.807) is 38.2 Å². The van der Waals surface area contributed by atoms with Crippen molar-refractivity contribution in [2.24, 2.45) is 4.99 Å². The number of nitrogens with one attached hydrogen (secondary N) is 3. The summed E-state index contributed by atoms with van der Waals surface area (Å²) in [4.78, 5) is 29.5. The normalized spacial score (nSPS) is 10.9. The fourth-order valence-corrected chi connectivity index (χ4v) is 2.32. The lowest BCUT2D eigenvalue weighted by molar-refractivity contribution is -0.115. The molecule has 2 aromatic rings. The van der Waals surface area contributed by atoms with Crippen molar-refractivity contribution in [1.82, 2.24) is 15.5 Å². The van der Waals surface area contributed by atoms with E-state index in [1.807, 2.05) is 42.5 Å². The number of amides is 2. The van der Waals surface area contributed by atoms with Gasteiger partial charge in [-0.3, -0.25) is 14.6 Å². The summed E-state index contributed by atoms with van der Waals surface area (Å²) in [5, 5.41) is 8.91. The maximum absolute atomic E-state index is 12.0. The van der Waals surface area contributed by atoms with E-state index in [0.29, 0.717) is 18.1 Å². The number of aliphatic imine (C=N–C) groups is 1. The largest absolute Gasteiger partial charge is 0.352 e. The van der Waals surface area contributed by atoms with E-state index < -0.39 is 0 Å². The SMILES string of the molecule is CN=C(NCC(=O)Nc1ccccc1)NCc1ccc(C(=O)N(C)C)cc1. The Morgan fingerprint density at radius 1 is 0.963 bits per heavy atom. The predicted molar refractivity (Wildman–Crippen MR) is 108 cm³/mol. The molecule has 0 aromatic heterocycles. The fourth-order valence-electron chi connectivity index (χ4n) is 2.32. The molecule has 0 spiro atoms. The van der Waals surface area contributed by atoms with Gasteiger partial charge in [0.05, 0.1) is 6.54 Å². The van der Waals surface area contributed by atoms with Gasteiger partial charge in [0.15, 0.2) is 5.96 Å². The minimum Gasteiger partial charge on any atom is -0.352 e. The first-order valence-corrected chi connectivity index (χ1v) is 8.59. The number of rotatable bonds is 6. The lowest BCUT2D eigenvalue weighted by Gasteiger charge is -2.13. The van der Waals surface area contributed by atoms with Gasteiger partial charge in [0.25, 0.3) is 5.91 Å². The Hall–Kier alpha value is -3.35. The zero-order chi connectivity index (χ0) is 19.6. The molecule has 0 unspecified atom stereocenters. The van der Waals surface area contributed by atoms with Gasteiger partial charge in [-0.2, -0.15) is 0 Å². The predicted octanol–water partition coefficient (Wildman–Crippen LogP) is 1.69. The summed E-state index contributed by atoms with van der Waals surface area (Å²) in [5.74, 6) is 0.332. The third-order valence-electron chi connectivity index (χ3n) is 3.76. The summed E-state index contributed by atoms with van der Waals surface area (Å²) in [5.41, 5.74) is 2.39. The molecule has 0 fully saturated rings. The second-order valence-corrected chi connectivity index (χ2v) is 6.09. The fraction of sp³-hybridized carbons (Fsp3) is 0.250. The summed E-state index contributed by atoms with van der Waals surface area (Å²) in [6.45, 7) is 0.626. The highest BCUT2D eigenvalue weighted by molar-refractivity contribution is 5.95. The van der Waals surface area contributed by atoms with Gasteiger partial charge in [0.1, 0.15) is 0 Å². The standard InChI is InChI=1S/C20H25N5O2/c1-21-20(23-14-18(26)24-17-7-5-4-6-8-17)22-13-15-9-11-16(12-10-15)19(27)25(2)3/h4-12H,13-14H2,1-3H3,(H,24,26)(H2,21,22,23). The minimum absolute atomic E-state index is 0.0311. The second-order valence-electron chi connectivity index (χ2n) is 6.09. The Labute approximate surface area is 159 Å². The molecule has 0 saturated heterocycles. The zero-order valence-electron chi connectivity index (χ0n) is 15.8. The van der Waals surface area contributed by atoms with Crippen molar-refractivity contribution in [2.75, 3.05) is 33.0 Å². The van der Waals surface area contributed by atoms with Crippen LogP contribution >= 0.6 is 0 Å². The van der Waals surface area contributed by atoms with E-state index in [4.69, 9.17) is 0 Å². The van der Waals surface area contributed by atoms with Crippen LogP contribution in [0.15, 0.2) is 59.6 Å². The van der Waals surface area contributed by atoms with E-state index in [2.05, 4.69) is 20.9 Å². The van der Waals surface area contributed by atoms with Gasteiger partial charge in [0, 0.05) is 38.9 Å². The molecule has 0 saturated carbocycles. The van der Waals surface area contributed by atoms with Crippen molar-refractivity contribution < 1.29 is 9.59 Å². The van der Waals surface area contributed by atoms with Crippen LogP contribution in [0.5, 0.6) is 0 Å². The van der Waals surface area contributed by atoms with E-state index in [1.165, 1.54) is 0 Å². The van der Waals surface area contributed by atoms with Gasteiger partial charge in [-0.15, -0.1) is 0 Å². The van der Waals surface area contributed by atoms with Crippen LogP contribution in [0, 0.1) is 0 Å². The third kappa shape index (κ3) is 6.47. The Morgan fingerprint density at radius 2 is 1.63 bits per heavy atom. The molecule has 0 radical (unpaired) electrons. The number of benzene rings is 2. The first-order chi connectivity index (χ1) is 13.0. The average molecular weight is 367 g/mol. The van der Waals surface area contributed by atoms with Crippen LogP contribution in [0.25, 0.3) is 0 Å². The molecule has 0 bridgehead atoms. The number of carbonyl (C=O) groups is 2. The molecule has 2 aromatic carbocycles. The Bertz CT molecular complexity index is 786. The van der Waals surface area contributed by atoms with Gasteiger partial charge < -0.3 is 20.9 Å². The highest BCUT2D eigenvalue weighted by Crippen LogP contribution is 2.06. The van der Waals surface area contributed by atoms with Crippen molar-refractivity contribution in [1.29, 1.82) is 0 Å². The van der Waals surface area contributed by atoms with Crippen LogP contribution in [0.3, 0.4) is 0 Å². The van der Waals surface area contributed by atoms with Crippen molar-refractivity contribution in [3.05, 3.63) is 65.7 Å². The van der Waals surface area contributed by atoms with E-state index >= 15 is 0 Å². The monoisotopic (exact) mass is 367 g/mol. The highest BCUT2D eigenvalue weighted by atomic mass is 16.2. The van der Waals surface area contributed by atoms with Crippen molar-refractivity contribution >= 4 is 23.5 Å². The van der Waals surface area contributed by atoms with E-state index in [9.17, 15) is 9.59 Å². The molecule has 0 aliphatic rings. The number of hydrogen-bond donors (Lipinski definition) is 3. The number of carbonyl (C=O) groups excluding carboxylic acids is 2. The second kappa shape index (κ2) is 9.96. The number of nitrogens with zero attached hydrogens (tertiary/aromatic N) is 2. The summed E-state index contributed by atoms with van der Waals surface area (Å²) >= 11 is 0. The molecule has 7 nitrogen and oxygen atoms in total. The molecule has 3 N–H and O–H groups in total. The molecule has 27 heavy (non-hydrogen) atoms. The number of anilines is 1. The number of hydrogen-bond acceptors (Lipinski definition) is 3. The van der Waals surface area contributed by atoms with Gasteiger partial charge in [0.2, 0.25) is 5.91 Å². The van der Waals surface area contributed by atoms with Gasteiger partial charge in [-0.05, 0) is 29.8 Å². The van der Waals surface area contributed by atoms with Crippen molar-refractivity contribution in [2.45, 2.75) is 6.54 Å². The molecule has 2 rings (SSSR count). The van der Waals surface area contributed by atoms with Crippen LogP contribution in [0.4, 0.5) is 5.69 Å². The molecule has 2 amide bonds. The smallest absolute Gasteiger partial charge is 0.253 e. The molecular formula is C20H25N5O2. The quantitative estimate of drug-likeness (QED) is 0.536. The lowest BCUT2D eigenvalue weighted by Crippen LogP contribution is -2.41. The summed E-state index contributed by atoms with van der Waals surface area (Å²) in [6, 6.07) is 16.6. The molecular weight excluding hydrogens is 342 g/mol. The Balaban J connectivity index is 1.80. The molecule has 7 heteroatoms. The first-order valence-electron chi connectivity index (χ1n) is 8.59. The number of guanidine groups is 1. The van der Waals surface area contributed by atoms with Gasteiger partial charge >= 0.3 is 0 Å². The van der Waals surface area contributed by atoms with Crippen LogP contribution < -0.4 is 16.0 Å². The minimum atomic E-state index is -0.157. The maximum atomic E-state index is 12.0. The molecule has 0 aliphatic heterocycles. The summed E-state index contributed by atoms with van der Waals surface area (Å²) < 4.78 is 0. The molecule has 142 valence electrons. The topological polar surface area (TPSA) is 85.8 Å². The summed E-state index contributed by atoms with van der Waals surface area (Å²) in [6.07, 6.45) is 0. The third-order valence-corrected chi connectivity index (χ3v) is 3.76. The van der Waals surface area contributed by atoms with Crippen LogP contribution in [-0.2, 0) is 11.3 Å². The van der Waals surface area contributed by atoms with Gasteiger partial charge in [-0.1, -0.05) is 30.3 Å². The number of para-hydroxylation sites is 1.